The molecule has 0 bridgehead atoms. The number of rotatable bonds is 8. The minimum absolute atomic E-state index is 0.106. The molecular weight excluding hydrogens is 302 g/mol. The maximum Gasteiger partial charge on any atom is 0.234 e. The van der Waals surface area contributed by atoms with E-state index in [4.69, 9.17) is 4.74 Å². The fourth-order valence-electron chi connectivity index (χ4n) is 3.16. The van der Waals surface area contributed by atoms with Crippen LogP contribution in [0.4, 0.5) is 0 Å². The van der Waals surface area contributed by atoms with Gasteiger partial charge in [0.1, 0.15) is 0 Å². The predicted molar refractivity (Wildman–Crippen MR) is 97.2 cm³/mol. The van der Waals surface area contributed by atoms with Crippen LogP contribution in [-0.4, -0.2) is 75.2 Å². The Morgan fingerprint density at radius 1 is 1.38 bits per heavy atom. The van der Waals surface area contributed by atoms with Crippen LogP contribution in [0.1, 0.15) is 24.8 Å². The highest BCUT2D eigenvalue weighted by molar-refractivity contribution is 5.78. The number of ether oxygens (including phenoxy) is 1. The molecule has 134 valence electrons. The van der Waals surface area contributed by atoms with Crippen molar-refractivity contribution >= 4 is 5.91 Å². The van der Waals surface area contributed by atoms with E-state index in [1.54, 1.807) is 0 Å². The van der Waals surface area contributed by atoms with E-state index in [0.717, 1.165) is 26.1 Å². The first-order valence-electron chi connectivity index (χ1n) is 8.88. The van der Waals surface area contributed by atoms with Crippen molar-refractivity contribution in [3.63, 3.8) is 0 Å². The van der Waals surface area contributed by atoms with Crippen LogP contribution in [0.2, 0.25) is 0 Å². The van der Waals surface area contributed by atoms with Gasteiger partial charge in [-0.2, -0.15) is 0 Å². The Labute approximate surface area is 146 Å². The van der Waals surface area contributed by atoms with E-state index in [-0.39, 0.29) is 12.0 Å². The number of likely N-dealkylation sites (N-methyl/N-ethyl adjacent to an activating group) is 1. The highest BCUT2D eigenvalue weighted by Crippen LogP contribution is 2.17. The topological polar surface area (TPSA) is 44.8 Å². The van der Waals surface area contributed by atoms with Crippen molar-refractivity contribution in [1.82, 2.24) is 15.1 Å². The average molecular weight is 333 g/mol. The Balaban J connectivity index is 1.76. The van der Waals surface area contributed by atoms with Crippen molar-refractivity contribution in [1.29, 1.82) is 0 Å². The van der Waals surface area contributed by atoms with Crippen LogP contribution >= 0.6 is 0 Å². The summed E-state index contributed by atoms with van der Waals surface area (Å²) in [5.41, 5.74) is 1.29. The zero-order valence-corrected chi connectivity index (χ0v) is 15.2. The zero-order valence-electron chi connectivity index (χ0n) is 15.2. The number of amides is 1. The number of benzene rings is 1. The lowest BCUT2D eigenvalue weighted by molar-refractivity contribution is -0.124. The van der Waals surface area contributed by atoms with Crippen molar-refractivity contribution in [3.8, 4) is 0 Å². The standard InChI is InChI=1S/C19H31N3O2/c1-4-16(17-8-6-5-7-9-17)12-20-19(23)15-22-10-11-24-18(14-22)13-21(2)3/h5-9,16,18H,4,10-15H2,1-3H3,(H,20,23). The minimum Gasteiger partial charge on any atom is -0.374 e. The van der Waals surface area contributed by atoms with Gasteiger partial charge >= 0.3 is 0 Å². The summed E-state index contributed by atoms with van der Waals surface area (Å²) in [4.78, 5) is 16.6. The summed E-state index contributed by atoms with van der Waals surface area (Å²) in [5.74, 6) is 0.483. The molecule has 5 heteroatoms. The quantitative estimate of drug-likeness (QED) is 0.784. The van der Waals surface area contributed by atoms with E-state index >= 15 is 0 Å². The van der Waals surface area contributed by atoms with Crippen molar-refractivity contribution in [2.75, 3.05) is 53.4 Å². The summed E-state index contributed by atoms with van der Waals surface area (Å²) >= 11 is 0. The molecule has 5 nitrogen and oxygen atoms in total. The molecule has 2 atom stereocenters. The van der Waals surface area contributed by atoms with Gasteiger partial charge in [0.2, 0.25) is 5.91 Å². The third-order valence-corrected chi connectivity index (χ3v) is 4.47. The number of hydrogen-bond acceptors (Lipinski definition) is 4. The first-order chi connectivity index (χ1) is 11.6. The molecule has 0 aliphatic carbocycles. The Morgan fingerprint density at radius 3 is 2.79 bits per heavy atom. The molecule has 0 radical (unpaired) electrons. The fourth-order valence-corrected chi connectivity index (χ4v) is 3.16. The number of nitrogens with zero attached hydrogens (tertiary/aromatic N) is 2. The molecule has 2 rings (SSSR count). The number of carbonyl (C=O) groups excluding carboxylic acids is 1. The van der Waals surface area contributed by atoms with Crippen molar-refractivity contribution in [2.45, 2.75) is 25.4 Å². The van der Waals surface area contributed by atoms with Gasteiger partial charge in [-0.25, -0.2) is 0 Å². The molecule has 1 heterocycles. The lowest BCUT2D eigenvalue weighted by Crippen LogP contribution is -2.49. The molecule has 2 unspecified atom stereocenters. The lowest BCUT2D eigenvalue weighted by Gasteiger charge is -2.33. The summed E-state index contributed by atoms with van der Waals surface area (Å²) in [5, 5.41) is 3.10. The van der Waals surface area contributed by atoms with Gasteiger partial charge in [-0.15, -0.1) is 0 Å². The Morgan fingerprint density at radius 2 is 2.12 bits per heavy atom. The molecule has 0 saturated carbocycles. The van der Waals surface area contributed by atoms with Crippen molar-refractivity contribution < 1.29 is 9.53 Å². The first kappa shape index (κ1) is 18.9. The van der Waals surface area contributed by atoms with E-state index < -0.39 is 0 Å². The molecule has 1 saturated heterocycles. The first-order valence-corrected chi connectivity index (χ1v) is 8.88. The van der Waals surface area contributed by atoms with E-state index in [9.17, 15) is 4.79 Å². The molecule has 1 aliphatic rings. The van der Waals surface area contributed by atoms with E-state index in [0.29, 0.717) is 25.6 Å². The summed E-state index contributed by atoms with van der Waals surface area (Å²) < 4.78 is 5.76. The zero-order chi connectivity index (χ0) is 17.4. The molecule has 0 spiro atoms. The van der Waals surface area contributed by atoms with Crippen LogP contribution in [0, 0.1) is 0 Å². The number of hydrogen-bond donors (Lipinski definition) is 1. The van der Waals surface area contributed by atoms with Crippen LogP contribution in [-0.2, 0) is 9.53 Å². The van der Waals surface area contributed by atoms with Gasteiger partial charge in [0.05, 0.1) is 19.3 Å². The predicted octanol–water partition coefficient (Wildman–Crippen LogP) is 1.56. The maximum atomic E-state index is 12.3. The normalized spacial score (nSPS) is 20.1. The van der Waals surface area contributed by atoms with Crippen molar-refractivity contribution in [3.05, 3.63) is 35.9 Å². The molecule has 0 aromatic heterocycles. The van der Waals surface area contributed by atoms with Crippen LogP contribution < -0.4 is 5.32 Å². The molecular formula is C19H31N3O2. The molecule has 1 aliphatic heterocycles. The van der Waals surface area contributed by atoms with Crippen LogP contribution in [0.25, 0.3) is 0 Å². The second kappa shape index (κ2) is 9.77. The van der Waals surface area contributed by atoms with Gasteiger partial charge in [0.25, 0.3) is 0 Å². The molecule has 1 N–H and O–H groups in total. The third-order valence-electron chi connectivity index (χ3n) is 4.47. The van der Waals surface area contributed by atoms with E-state index in [1.807, 2.05) is 20.2 Å². The second-order valence-electron chi connectivity index (χ2n) is 6.81. The Bertz CT molecular complexity index is 493. The number of carbonyl (C=O) groups is 1. The smallest absolute Gasteiger partial charge is 0.234 e. The van der Waals surface area contributed by atoms with Gasteiger partial charge < -0.3 is 15.0 Å². The van der Waals surface area contributed by atoms with Crippen LogP contribution in [0.5, 0.6) is 0 Å². The highest BCUT2D eigenvalue weighted by Gasteiger charge is 2.22. The number of nitrogens with one attached hydrogen (secondary N) is 1. The van der Waals surface area contributed by atoms with E-state index in [1.165, 1.54) is 5.56 Å². The van der Waals surface area contributed by atoms with E-state index in [2.05, 4.69) is 46.3 Å². The fraction of sp³-hybridized carbons (Fsp3) is 0.632. The van der Waals surface area contributed by atoms with Gasteiger partial charge in [0, 0.05) is 32.1 Å². The number of morpholine rings is 1. The lowest BCUT2D eigenvalue weighted by atomic mass is 9.96. The summed E-state index contributed by atoms with van der Waals surface area (Å²) in [6.07, 6.45) is 1.21. The molecule has 1 amide bonds. The second-order valence-corrected chi connectivity index (χ2v) is 6.81. The summed E-state index contributed by atoms with van der Waals surface area (Å²) in [6, 6.07) is 10.4. The van der Waals surface area contributed by atoms with Crippen LogP contribution in [0.3, 0.4) is 0 Å². The largest absolute Gasteiger partial charge is 0.374 e. The summed E-state index contributed by atoms with van der Waals surface area (Å²) in [6.45, 7) is 6.56. The molecule has 1 fully saturated rings. The third kappa shape index (κ3) is 6.23. The van der Waals surface area contributed by atoms with Gasteiger partial charge in [0.15, 0.2) is 0 Å². The van der Waals surface area contributed by atoms with Gasteiger partial charge in [-0.1, -0.05) is 37.3 Å². The highest BCUT2D eigenvalue weighted by atomic mass is 16.5. The van der Waals surface area contributed by atoms with Gasteiger partial charge in [-0.3, -0.25) is 9.69 Å². The minimum atomic E-state index is 0.106. The molecule has 1 aromatic carbocycles. The van der Waals surface area contributed by atoms with Crippen LogP contribution in [0.15, 0.2) is 30.3 Å². The Kier molecular flexibility index (Phi) is 7.69. The molecule has 1 aromatic rings. The van der Waals surface area contributed by atoms with Gasteiger partial charge in [-0.05, 0) is 26.1 Å². The average Bonchev–Trinajstić information content (AvgIpc) is 2.56. The monoisotopic (exact) mass is 333 g/mol. The Hall–Kier alpha value is -1.43. The summed E-state index contributed by atoms with van der Waals surface area (Å²) in [7, 11) is 4.09. The molecule has 24 heavy (non-hydrogen) atoms. The maximum absolute atomic E-state index is 12.3. The van der Waals surface area contributed by atoms with Crippen molar-refractivity contribution in [2.24, 2.45) is 0 Å². The SMILES string of the molecule is CCC(CNC(=O)CN1CCOC(CN(C)C)C1)c1ccccc1.